The number of hydrogen-bond acceptors (Lipinski definition) is 3. The van der Waals surface area contributed by atoms with Gasteiger partial charge in [-0.2, -0.15) is 0 Å². The number of nitrogens with one attached hydrogen (secondary N) is 1. The summed E-state index contributed by atoms with van der Waals surface area (Å²) in [5, 5.41) is 13.2. The van der Waals surface area contributed by atoms with Crippen LogP contribution < -0.4 is 10.1 Å². The topological polar surface area (TPSA) is 41.5 Å². The Morgan fingerprint density at radius 3 is 2.67 bits per heavy atom. The molecule has 2 N–H and O–H groups in total. The first-order valence-corrected chi connectivity index (χ1v) is 7.43. The molecule has 0 bridgehead atoms. The van der Waals surface area contributed by atoms with Crippen molar-refractivity contribution < 1.29 is 9.84 Å². The number of hydrogen-bond donors (Lipinski definition) is 2. The van der Waals surface area contributed by atoms with Gasteiger partial charge in [-0.05, 0) is 48.6 Å². The zero-order chi connectivity index (χ0) is 14.8. The first-order chi connectivity index (χ1) is 10.2. The van der Waals surface area contributed by atoms with Gasteiger partial charge in [-0.1, -0.05) is 29.8 Å². The van der Waals surface area contributed by atoms with Gasteiger partial charge in [-0.15, -0.1) is 0 Å². The molecule has 2 aromatic rings. The zero-order valence-corrected chi connectivity index (χ0v) is 12.6. The number of para-hydroxylation sites is 1. The molecule has 0 radical (unpaired) electrons. The van der Waals surface area contributed by atoms with Crippen LogP contribution in [-0.2, 0) is 0 Å². The molecule has 1 fully saturated rings. The summed E-state index contributed by atoms with van der Waals surface area (Å²) in [4.78, 5) is 0. The summed E-state index contributed by atoms with van der Waals surface area (Å²) in [6, 6.07) is 13.8. The number of phenols is 1. The van der Waals surface area contributed by atoms with Crippen molar-refractivity contribution in [2.75, 3.05) is 12.4 Å². The molecule has 0 heterocycles. The van der Waals surface area contributed by atoms with Gasteiger partial charge < -0.3 is 15.2 Å². The van der Waals surface area contributed by atoms with Crippen molar-refractivity contribution in [3.8, 4) is 11.5 Å². The molecule has 21 heavy (non-hydrogen) atoms. The molecule has 1 aliphatic carbocycles. The molecule has 1 aliphatic rings. The van der Waals surface area contributed by atoms with Crippen LogP contribution in [0, 0.1) is 0 Å². The van der Waals surface area contributed by atoms with E-state index in [-0.39, 0.29) is 5.75 Å². The maximum absolute atomic E-state index is 9.42. The zero-order valence-electron chi connectivity index (χ0n) is 11.8. The van der Waals surface area contributed by atoms with Crippen LogP contribution in [0.25, 0.3) is 0 Å². The number of benzene rings is 2. The fourth-order valence-corrected chi connectivity index (χ4v) is 3.01. The SMILES string of the molecule is COc1ccccc1C1CC(Nc2ccc(O)c(Cl)c2)C1. The molecule has 0 amide bonds. The lowest BCUT2D eigenvalue weighted by Gasteiger charge is -2.37. The second-order valence-electron chi connectivity index (χ2n) is 5.42. The van der Waals surface area contributed by atoms with Gasteiger partial charge in [-0.3, -0.25) is 0 Å². The first kappa shape index (κ1) is 14.1. The van der Waals surface area contributed by atoms with Crippen molar-refractivity contribution in [1.29, 1.82) is 0 Å². The number of anilines is 1. The van der Waals surface area contributed by atoms with Crippen LogP contribution in [0.2, 0.25) is 5.02 Å². The lowest BCUT2D eigenvalue weighted by atomic mass is 9.75. The van der Waals surface area contributed by atoms with Crippen molar-refractivity contribution >= 4 is 17.3 Å². The van der Waals surface area contributed by atoms with Crippen molar-refractivity contribution in [3.05, 3.63) is 53.1 Å². The summed E-state index contributed by atoms with van der Waals surface area (Å²) in [5.74, 6) is 1.61. The van der Waals surface area contributed by atoms with Gasteiger partial charge in [-0.25, -0.2) is 0 Å². The van der Waals surface area contributed by atoms with Crippen LogP contribution in [0.15, 0.2) is 42.5 Å². The minimum absolute atomic E-state index is 0.114. The standard InChI is InChI=1S/C17H18ClNO2/c1-21-17-5-3-2-4-14(17)11-8-13(9-11)19-12-6-7-16(20)15(18)10-12/h2-7,10-11,13,19-20H,8-9H2,1H3. The van der Waals surface area contributed by atoms with Crippen molar-refractivity contribution in [1.82, 2.24) is 0 Å². The molecule has 0 aromatic heterocycles. The van der Waals surface area contributed by atoms with E-state index in [1.807, 2.05) is 18.2 Å². The maximum Gasteiger partial charge on any atom is 0.134 e. The quantitative estimate of drug-likeness (QED) is 0.822. The molecule has 0 spiro atoms. The highest BCUT2D eigenvalue weighted by molar-refractivity contribution is 6.32. The number of methoxy groups -OCH3 is 1. The van der Waals surface area contributed by atoms with Crippen LogP contribution in [0.1, 0.15) is 24.3 Å². The molecule has 0 saturated heterocycles. The second kappa shape index (κ2) is 5.86. The fraction of sp³-hybridized carbons (Fsp3) is 0.294. The van der Waals surface area contributed by atoms with E-state index >= 15 is 0 Å². The van der Waals surface area contributed by atoms with Gasteiger partial charge in [0.2, 0.25) is 0 Å². The predicted octanol–water partition coefficient (Wildman–Crippen LogP) is 4.41. The van der Waals surface area contributed by atoms with Gasteiger partial charge in [0.25, 0.3) is 0 Å². The maximum atomic E-state index is 9.42. The van der Waals surface area contributed by atoms with Crippen LogP contribution in [-0.4, -0.2) is 18.3 Å². The normalized spacial score (nSPS) is 20.7. The van der Waals surface area contributed by atoms with Gasteiger partial charge in [0.1, 0.15) is 11.5 Å². The van der Waals surface area contributed by atoms with Crippen LogP contribution in [0.4, 0.5) is 5.69 Å². The summed E-state index contributed by atoms with van der Waals surface area (Å²) >= 11 is 5.92. The van der Waals surface area contributed by atoms with Crippen LogP contribution >= 0.6 is 11.6 Å². The number of ether oxygens (including phenoxy) is 1. The highest BCUT2D eigenvalue weighted by Gasteiger charge is 2.31. The Hall–Kier alpha value is -1.87. The third kappa shape index (κ3) is 2.93. The lowest BCUT2D eigenvalue weighted by molar-refractivity contribution is 0.350. The Kier molecular flexibility index (Phi) is 3.93. The van der Waals surface area contributed by atoms with E-state index in [0.29, 0.717) is 17.0 Å². The first-order valence-electron chi connectivity index (χ1n) is 7.05. The Morgan fingerprint density at radius 2 is 1.95 bits per heavy atom. The van der Waals surface area contributed by atoms with Gasteiger partial charge in [0.15, 0.2) is 0 Å². The molecular weight excluding hydrogens is 286 g/mol. The summed E-state index contributed by atoms with van der Waals surface area (Å²) in [6.07, 6.45) is 2.14. The number of phenolic OH excluding ortho intramolecular Hbond substituents is 1. The van der Waals surface area contributed by atoms with Crippen molar-refractivity contribution in [3.63, 3.8) is 0 Å². The third-order valence-corrected chi connectivity index (χ3v) is 4.34. The Bertz CT molecular complexity index is 638. The van der Waals surface area contributed by atoms with Gasteiger partial charge in [0, 0.05) is 11.7 Å². The summed E-state index contributed by atoms with van der Waals surface area (Å²) < 4.78 is 5.42. The smallest absolute Gasteiger partial charge is 0.134 e. The van der Waals surface area contributed by atoms with E-state index in [1.54, 1.807) is 19.2 Å². The number of halogens is 1. The minimum Gasteiger partial charge on any atom is -0.506 e. The van der Waals surface area contributed by atoms with Crippen LogP contribution in [0.3, 0.4) is 0 Å². The number of aromatic hydroxyl groups is 1. The van der Waals surface area contributed by atoms with Gasteiger partial charge in [0.05, 0.1) is 12.1 Å². The van der Waals surface area contributed by atoms with E-state index in [0.717, 1.165) is 24.3 Å². The van der Waals surface area contributed by atoms with Crippen molar-refractivity contribution in [2.24, 2.45) is 0 Å². The number of rotatable bonds is 4. The van der Waals surface area contributed by atoms with E-state index in [2.05, 4.69) is 17.4 Å². The van der Waals surface area contributed by atoms with E-state index in [1.165, 1.54) is 5.56 Å². The third-order valence-electron chi connectivity index (χ3n) is 4.04. The molecule has 1 saturated carbocycles. The summed E-state index contributed by atoms with van der Waals surface area (Å²) in [5.41, 5.74) is 2.23. The molecule has 110 valence electrons. The Morgan fingerprint density at radius 1 is 1.19 bits per heavy atom. The molecule has 2 aromatic carbocycles. The predicted molar refractivity (Wildman–Crippen MR) is 85.5 cm³/mol. The molecule has 4 heteroatoms. The molecule has 3 nitrogen and oxygen atoms in total. The average molecular weight is 304 g/mol. The van der Waals surface area contributed by atoms with Crippen LogP contribution in [0.5, 0.6) is 11.5 Å². The molecule has 0 atom stereocenters. The summed E-state index contributed by atoms with van der Waals surface area (Å²) in [7, 11) is 1.71. The molecular formula is C17H18ClNO2. The van der Waals surface area contributed by atoms with Crippen molar-refractivity contribution in [2.45, 2.75) is 24.8 Å². The lowest BCUT2D eigenvalue weighted by Crippen LogP contribution is -2.34. The fourth-order valence-electron chi connectivity index (χ4n) is 2.83. The molecule has 0 unspecified atom stereocenters. The van der Waals surface area contributed by atoms with E-state index in [4.69, 9.17) is 16.3 Å². The summed E-state index contributed by atoms with van der Waals surface area (Å²) in [6.45, 7) is 0. The molecule has 3 rings (SSSR count). The Balaban J connectivity index is 1.62. The van der Waals surface area contributed by atoms with Gasteiger partial charge >= 0.3 is 0 Å². The monoisotopic (exact) mass is 303 g/mol. The second-order valence-corrected chi connectivity index (χ2v) is 5.82. The molecule has 0 aliphatic heterocycles. The largest absolute Gasteiger partial charge is 0.506 e. The highest BCUT2D eigenvalue weighted by Crippen LogP contribution is 2.42. The van der Waals surface area contributed by atoms with E-state index < -0.39 is 0 Å². The minimum atomic E-state index is 0.114. The highest BCUT2D eigenvalue weighted by atomic mass is 35.5. The Labute approximate surface area is 129 Å². The average Bonchev–Trinajstić information content (AvgIpc) is 2.46. The van der Waals surface area contributed by atoms with E-state index in [9.17, 15) is 5.11 Å².